The summed E-state index contributed by atoms with van der Waals surface area (Å²) in [6.07, 6.45) is 5.03. The molecule has 0 aliphatic carbocycles. The average Bonchev–Trinajstić information content (AvgIpc) is 2.01. The molecule has 0 aromatic rings. The Morgan fingerprint density at radius 1 is 0.786 bits per heavy atom. The summed E-state index contributed by atoms with van der Waals surface area (Å²) in [6.45, 7) is 11.0. The summed E-state index contributed by atoms with van der Waals surface area (Å²) in [5.74, 6) is 1.64. The van der Waals surface area contributed by atoms with Crippen LogP contribution in [0.4, 0.5) is 0 Å². The predicted molar refractivity (Wildman–Crippen MR) is 64.7 cm³/mol. The second-order valence-electron chi connectivity index (χ2n) is 4.68. The molecule has 81 valence electrons. The maximum Gasteiger partial charge on any atom is 0.0466 e. The Labute approximate surface area is 133 Å². The van der Waals surface area contributed by atoms with E-state index in [1.807, 2.05) is 0 Å². The van der Waals surface area contributed by atoms with Gasteiger partial charge in [0.05, 0.1) is 0 Å². The van der Waals surface area contributed by atoms with Gasteiger partial charge in [-0.3, -0.25) is 0 Å². The van der Waals surface area contributed by atoms with E-state index in [9.17, 15) is 0 Å². The fourth-order valence-corrected chi connectivity index (χ4v) is 1.29. The molecule has 0 heterocycles. The van der Waals surface area contributed by atoms with Crippen LogP contribution in [0.1, 0.15) is 53.4 Å². The zero-order valence-corrected chi connectivity index (χ0v) is 13.9. The molecule has 0 spiro atoms. The normalized spacial score (nSPS) is 10.7. The van der Waals surface area contributed by atoms with Crippen LogP contribution in [-0.2, 0) is 4.74 Å². The number of hydrogen-bond acceptors (Lipinski definition) is 1. The summed E-state index contributed by atoms with van der Waals surface area (Å²) >= 11 is 0. The Bertz CT molecular complexity index is 90.5. The molecule has 0 unspecified atom stereocenters. The zero-order valence-electron chi connectivity index (χ0n) is 10.8. The third kappa shape index (κ3) is 16.0. The van der Waals surface area contributed by atoms with Crippen molar-refractivity contribution in [3.63, 3.8) is 0 Å². The van der Waals surface area contributed by atoms with Gasteiger partial charge in [0.15, 0.2) is 0 Å². The van der Waals surface area contributed by atoms with E-state index < -0.39 is 0 Å². The quantitative estimate of drug-likeness (QED) is 0.454. The summed E-state index contributed by atoms with van der Waals surface area (Å²) in [6, 6.07) is 0. The van der Waals surface area contributed by atoms with E-state index in [2.05, 4.69) is 27.7 Å². The molecule has 14 heavy (non-hydrogen) atoms. The molecule has 0 aromatic carbocycles. The number of ether oxygens (including phenoxy) is 1. The molecule has 0 amide bonds. The van der Waals surface area contributed by atoms with Crippen molar-refractivity contribution >= 4 is 51.4 Å². The van der Waals surface area contributed by atoms with E-state index >= 15 is 0 Å². The predicted octanol–water partition coefficient (Wildman–Crippen LogP) is 3.49. The first-order valence-corrected chi connectivity index (χ1v) is 5.70. The molecule has 0 fully saturated rings. The van der Waals surface area contributed by atoms with Crippen LogP contribution < -0.4 is 0 Å². The van der Waals surface area contributed by atoms with Crippen molar-refractivity contribution in [3.05, 3.63) is 0 Å². The van der Waals surface area contributed by atoms with Crippen LogP contribution in [0.3, 0.4) is 0 Å². The number of hydrogen-bond donors (Lipinski definition) is 0. The van der Waals surface area contributed by atoms with Gasteiger partial charge in [-0.05, 0) is 37.5 Å². The van der Waals surface area contributed by atoms with Gasteiger partial charge in [0.25, 0.3) is 0 Å². The van der Waals surface area contributed by atoms with Crippen LogP contribution in [0.25, 0.3) is 0 Å². The topological polar surface area (TPSA) is 9.23 Å². The van der Waals surface area contributed by atoms with Crippen molar-refractivity contribution in [1.29, 1.82) is 0 Å². The van der Waals surface area contributed by atoms with Gasteiger partial charge in [-0.2, -0.15) is 0 Å². The van der Waals surface area contributed by atoms with Gasteiger partial charge in [-0.1, -0.05) is 27.7 Å². The molecule has 0 saturated carbocycles. The molecular formula is C12H26KO. The summed E-state index contributed by atoms with van der Waals surface area (Å²) in [7, 11) is 0. The van der Waals surface area contributed by atoms with Gasteiger partial charge >= 0.3 is 0 Å². The molecule has 0 rings (SSSR count). The Balaban J connectivity index is 0. The molecule has 0 saturated heterocycles. The van der Waals surface area contributed by atoms with Crippen molar-refractivity contribution in [3.8, 4) is 0 Å². The van der Waals surface area contributed by atoms with Gasteiger partial charge < -0.3 is 4.74 Å². The SMILES string of the molecule is CC(C)CCCOCCCC(C)C.[K]. The van der Waals surface area contributed by atoms with E-state index in [0.717, 1.165) is 25.0 Å². The molecule has 0 aliphatic heterocycles. The van der Waals surface area contributed by atoms with E-state index in [-0.39, 0.29) is 51.4 Å². The summed E-state index contributed by atoms with van der Waals surface area (Å²) in [5.41, 5.74) is 0. The first-order chi connectivity index (χ1) is 6.13. The first-order valence-electron chi connectivity index (χ1n) is 5.70. The molecule has 0 bridgehead atoms. The first kappa shape index (κ1) is 18.0. The van der Waals surface area contributed by atoms with Gasteiger partial charge in [0.1, 0.15) is 0 Å². The van der Waals surface area contributed by atoms with Crippen LogP contribution in [0.5, 0.6) is 0 Å². The van der Waals surface area contributed by atoms with E-state index in [4.69, 9.17) is 4.74 Å². The van der Waals surface area contributed by atoms with Crippen LogP contribution in [-0.4, -0.2) is 64.6 Å². The monoisotopic (exact) mass is 225 g/mol. The minimum atomic E-state index is 0. The van der Waals surface area contributed by atoms with Crippen molar-refractivity contribution in [2.45, 2.75) is 53.4 Å². The summed E-state index contributed by atoms with van der Waals surface area (Å²) in [4.78, 5) is 0. The smallest absolute Gasteiger partial charge is 0.0466 e. The minimum Gasteiger partial charge on any atom is -0.381 e. The zero-order chi connectivity index (χ0) is 10.1. The van der Waals surface area contributed by atoms with E-state index in [1.54, 1.807) is 0 Å². The van der Waals surface area contributed by atoms with Crippen molar-refractivity contribution in [2.75, 3.05) is 13.2 Å². The Hall–Kier alpha value is 1.60. The van der Waals surface area contributed by atoms with E-state index in [1.165, 1.54) is 25.7 Å². The van der Waals surface area contributed by atoms with Crippen molar-refractivity contribution in [2.24, 2.45) is 11.8 Å². The van der Waals surface area contributed by atoms with Gasteiger partial charge in [0, 0.05) is 64.6 Å². The van der Waals surface area contributed by atoms with Gasteiger partial charge in [0.2, 0.25) is 0 Å². The fraction of sp³-hybridized carbons (Fsp3) is 1.00. The van der Waals surface area contributed by atoms with Crippen molar-refractivity contribution in [1.82, 2.24) is 0 Å². The molecule has 1 nitrogen and oxygen atoms in total. The summed E-state index contributed by atoms with van der Waals surface area (Å²) in [5, 5.41) is 0. The van der Waals surface area contributed by atoms with Gasteiger partial charge in [-0.25, -0.2) is 0 Å². The maximum absolute atomic E-state index is 5.53. The second kappa shape index (κ2) is 12.7. The van der Waals surface area contributed by atoms with Crippen LogP contribution >= 0.6 is 0 Å². The molecule has 2 heteroatoms. The molecule has 0 aromatic heterocycles. The third-order valence-corrected chi connectivity index (χ3v) is 2.14. The molecule has 0 N–H and O–H groups in total. The molecule has 0 aliphatic rings. The Kier molecular flexibility index (Phi) is 16.3. The third-order valence-electron chi connectivity index (χ3n) is 2.14. The fourth-order valence-electron chi connectivity index (χ4n) is 1.29. The Morgan fingerprint density at radius 3 is 1.43 bits per heavy atom. The average molecular weight is 225 g/mol. The van der Waals surface area contributed by atoms with Crippen LogP contribution in [0.2, 0.25) is 0 Å². The van der Waals surface area contributed by atoms with Gasteiger partial charge in [-0.15, -0.1) is 0 Å². The standard InChI is InChI=1S/C12H26O.K/c1-11(2)7-5-9-13-10-6-8-12(3)4;/h11-12H,5-10H2,1-4H3;. The number of rotatable bonds is 8. The van der Waals surface area contributed by atoms with Crippen LogP contribution in [0, 0.1) is 11.8 Å². The summed E-state index contributed by atoms with van der Waals surface area (Å²) < 4.78 is 5.53. The van der Waals surface area contributed by atoms with E-state index in [0.29, 0.717) is 0 Å². The Morgan fingerprint density at radius 2 is 1.14 bits per heavy atom. The minimum absolute atomic E-state index is 0. The molecular weight excluding hydrogens is 199 g/mol. The van der Waals surface area contributed by atoms with Crippen LogP contribution in [0.15, 0.2) is 0 Å². The largest absolute Gasteiger partial charge is 0.381 e. The maximum atomic E-state index is 5.53. The molecule has 1 radical (unpaired) electrons. The second-order valence-corrected chi connectivity index (χ2v) is 4.68. The van der Waals surface area contributed by atoms with Crippen molar-refractivity contribution < 1.29 is 4.74 Å². The molecule has 0 atom stereocenters.